The van der Waals surface area contributed by atoms with Crippen molar-refractivity contribution in [1.82, 2.24) is 25.5 Å². The van der Waals surface area contributed by atoms with Gasteiger partial charge in [-0.2, -0.15) is 0 Å². The molecule has 0 aliphatic rings. The number of rotatable bonds is 10. The first-order valence-corrected chi connectivity index (χ1v) is 8.87. The maximum absolute atomic E-state index is 11.2. The lowest BCUT2D eigenvalue weighted by Gasteiger charge is -2.22. The zero-order chi connectivity index (χ0) is 18.8. The Morgan fingerprint density at radius 2 is 1.73 bits per heavy atom. The highest BCUT2D eigenvalue weighted by Crippen LogP contribution is 2.22. The highest BCUT2D eigenvalue weighted by atomic mass is 16.1. The minimum Gasteiger partial charge on any atom is -0.361 e. The van der Waals surface area contributed by atoms with Gasteiger partial charge in [0, 0.05) is 46.5 Å². The van der Waals surface area contributed by atoms with Crippen molar-refractivity contribution in [2.75, 3.05) is 37.5 Å². The van der Waals surface area contributed by atoms with Crippen LogP contribution in [0.25, 0.3) is 0 Å². The van der Waals surface area contributed by atoms with E-state index in [1.807, 2.05) is 36.0 Å². The number of carbonyl (C=O) groups is 1. The summed E-state index contributed by atoms with van der Waals surface area (Å²) in [5.74, 6) is 2.41. The molecule has 0 spiro atoms. The second-order valence-electron chi connectivity index (χ2n) is 6.20. The molecule has 140 valence electrons. The molecule has 1 N–H and O–H groups in total. The van der Waals surface area contributed by atoms with E-state index in [1.165, 1.54) is 0 Å². The Labute approximate surface area is 154 Å². The first-order chi connectivity index (χ1) is 12.6. The van der Waals surface area contributed by atoms with E-state index < -0.39 is 0 Å². The molecule has 0 saturated heterocycles. The zero-order valence-electron chi connectivity index (χ0n) is 15.7. The van der Waals surface area contributed by atoms with Gasteiger partial charge in [-0.25, -0.2) is 4.98 Å². The van der Waals surface area contributed by atoms with Crippen molar-refractivity contribution in [2.45, 2.75) is 32.1 Å². The molecule has 0 atom stereocenters. The zero-order valence-corrected chi connectivity index (χ0v) is 15.7. The van der Waals surface area contributed by atoms with Crippen LogP contribution in [0.2, 0.25) is 0 Å². The SMILES string of the molecule is CNC(=O)CCCCCCN(c1cnccn1)c1ccc(N(C)C)nn1. The number of unbranched alkanes of at least 4 members (excludes halogenated alkanes) is 3. The molecule has 0 fully saturated rings. The molecule has 2 aromatic heterocycles. The normalized spacial score (nSPS) is 10.4. The Hall–Kier alpha value is -2.77. The fourth-order valence-corrected chi connectivity index (χ4v) is 2.51. The summed E-state index contributed by atoms with van der Waals surface area (Å²) in [4.78, 5) is 23.7. The number of nitrogens with zero attached hydrogens (tertiary/aromatic N) is 6. The Balaban J connectivity index is 1.96. The van der Waals surface area contributed by atoms with Crippen molar-refractivity contribution in [3.8, 4) is 0 Å². The van der Waals surface area contributed by atoms with Crippen LogP contribution >= 0.6 is 0 Å². The molecule has 0 aliphatic heterocycles. The third-order valence-corrected chi connectivity index (χ3v) is 4.01. The quantitative estimate of drug-likeness (QED) is 0.652. The van der Waals surface area contributed by atoms with E-state index in [1.54, 1.807) is 25.6 Å². The predicted molar refractivity (Wildman–Crippen MR) is 103 cm³/mol. The minimum absolute atomic E-state index is 0.0995. The monoisotopic (exact) mass is 357 g/mol. The van der Waals surface area contributed by atoms with Gasteiger partial charge in [-0.15, -0.1) is 10.2 Å². The van der Waals surface area contributed by atoms with Crippen molar-refractivity contribution in [3.05, 3.63) is 30.7 Å². The van der Waals surface area contributed by atoms with Crippen LogP contribution in [0.3, 0.4) is 0 Å². The molecule has 0 radical (unpaired) electrons. The van der Waals surface area contributed by atoms with Gasteiger partial charge >= 0.3 is 0 Å². The van der Waals surface area contributed by atoms with Crippen LogP contribution in [0, 0.1) is 0 Å². The standard InChI is InChI=1S/C18H27N7O/c1-19-18(26)8-6-4-5-7-13-25(17-14-20-11-12-21-17)16-10-9-15(22-23-16)24(2)3/h9-12,14H,4-8,13H2,1-3H3,(H,19,26). The van der Waals surface area contributed by atoms with Gasteiger partial charge in [0.1, 0.15) is 0 Å². The van der Waals surface area contributed by atoms with Gasteiger partial charge in [-0.1, -0.05) is 12.8 Å². The molecule has 8 nitrogen and oxygen atoms in total. The molecule has 2 rings (SSSR count). The molecule has 0 saturated carbocycles. The lowest BCUT2D eigenvalue weighted by atomic mass is 10.1. The Kier molecular flexibility index (Phi) is 7.73. The third-order valence-electron chi connectivity index (χ3n) is 4.01. The van der Waals surface area contributed by atoms with Crippen LogP contribution in [0.15, 0.2) is 30.7 Å². The molecular formula is C18H27N7O. The number of nitrogens with one attached hydrogen (secondary N) is 1. The van der Waals surface area contributed by atoms with Gasteiger partial charge < -0.3 is 15.1 Å². The van der Waals surface area contributed by atoms with Crippen molar-refractivity contribution in [3.63, 3.8) is 0 Å². The lowest BCUT2D eigenvalue weighted by molar-refractivity contribution is -0.120. The average Bonchev–Trinajstić information content (AvgIpc) is 2.68. The second-order valence-corrected chi connectivity index (χ2v) is 6.20. The average molecular weight is 357 g/mol. The van der Waals surface area contributed by atoms with E-state index in [0.717, 1.165) is 49.7 Å². The van der Waals surface area contributed by atoms with Crippen LogP contribution in [-0.2, 0) is 4.79 Å². The summed E-state index contributed by atoms with van der Waals surface area (Å²) in [7, 11) is 5.54. The van der Waals surface area contributed by atoms with Gasteiger partial charge in [-0.05, 0) is 25.0 Å². The Morgan fingerprint density at radius 3 is 2.35 bits per heavy atom. The summed E-state index contributed by atoms with van der Waals surface area (Å²) >= 11 is 0. The van der Waals surface area contributed by atoms with Crippen LogP contribution < -0.4 is 15.1 Å². The predicted octanol–water partition coefficient (Wildman–Crippen LogP) is 2.17. The minimum atomic E-state index is 0.0995. The van der Waals surface area contributed by atoms with Crippen LogP contribution in [-0.4, -0.2) is 53.8 Å². The fraction of sp³-hybridized carbons (Fsp3) is 0.500. The smallest absolute Gasteiger partial charge is 0.219 e. The topological polar surface area (TPSA) is 87.1 Å². The molecule has 1 amide bonds. The molecule has 0 bridgehead atoms. The first-order valence-electron chi connectivity index (χ1n) is 8.87. The number of hydrogen-bond acceptors (Lipinski definition) is 7. The third kappa shape index (κ3) is 5.94. The summed E-state index contributed by atoms with van der Waals surface area (Å²) < 4.78 is 0. The Bertz CT molecular complexity index is 661. The summed E-state index contributed by atoms with van der Waals surface area (Å²) in [6.45, 7) is 0.772. The number of hydrogen-bond donors (Lipinski definition) is 1. The summed E-state index contributed by atoms with van der Waals surface area (Å²) in [5, 5.41) is 11.2. The largest absolute Gasteiger partial charge is 0.361 e. The van der Waals surface area contributed by atoms with Crippen LogP contribution in [0.5, 0.6) is 0 Å². The van der Waals surface area contributed by atoms with E-state index in [-0.39, 0.29) is 5.91 Å². The molecule has 0 unspecified atom stereocenters. The molecular weight excluding hydrogens is 330 g/mol. The van der Waals surface area contributed by atoms with E-state index >= 15 is 0 Å². The molecule has 26 heavy (non-hydrogen) atoms. The number of carbonyl (C=O) groups excluding carboxylic acids is 1. The summed E-state index contributed by atoms with van der Waals surface area (Å²) in [5.41, 5.74) is 0. The van der Waals surface area contributed by atoms with Gasteiger partial charge in [0.25, 0.3) is 0 Å². The molecule has 0 aliphatic carbocycles. The number of amides is 1. The highest BCUT2D eigenvalue weighted by molar-refractivity contribution is 5.75. The maximum atomic E-state index is 11.2. The van der Waals surface area contributed by atoms with Gasteiger partial charge in [0.05, 0.1) is 6.20 Å². The van der Waals surface area contributed by atoms with Crippen LogP contribution in [0.4, 0.5) is 17.5 Å². The van der Waals surface area contributed by atoms with Crippen LogP contribution in [0.1, 0.15) is 32.1 Å². The molecule has 0 aromatic carbocycles. The maximum Gasteiger partial charge on any atom is 0.219 e. The number of anilines is 3. The summed E-state index contributed by atoms with van der Waals surface area (Å²) in [6, 6.07) is 3.89. The van der Waals surface area contributed by atoms with Crippen molar-refractivity contribution < 1.29 is 4.79 Å². The highest BCUT2D eigenvalue weighted by Gasteiger charge is 2.13. The molecule has 2 heterocycles. The lowest BCUT2D eigenvalue weighted by Crippen LogP contribution is -2.22. The Morgan fingerprint density at radius 1 is 1.00 bits per heavy atom. The van der Waals surface area contributed by atoms with Gasteiger partial charge in [0.2, 0.25) is 5.91 Å². The first kappa shape index (κ1) is 19.6. The van der Waals surface area contributed by atoms with E-state index in [4.69, 9.17) is 0 Å². The number of aromatic nitrogens is 4. The summed E-state index contributed by atoms with van der Waals surface area (Å²) in [6.07, 6.45) is 9.58. The van der Waals surface area contributed by atoms with Gasteiger partial charge in [0.15, 0.2) is 17.5 Å². The second kappa shape index (κ2) is 10.3. The fourth-order valence-electron chi connectivity index (χ4n) is 2.51. The van der Waals surface area contributed by atoms with Crippen molar-refractivity contribution in [1.29, 1.82) is 0 Å². The van der Waals surface area contributed by atoms with Gasteiger partial charge in [-0.3, -0.25) is 9.78 Å². The van der Waals surface area contributed by atoms with Crippen molar-refractivity contribution >= 4 is 23.4 Å². The van der Waals surface area contributed by atoms with Crippen molar-refractivity contribution in [2.24, 2.45) is 0 Å². The molecule has 2 aromatic rings. The molecule has 8 heteroatoms. The van der Waals surface area contributed by atoms with E-state index in [9.17, 15) is 4.79 Å². The van der Waals surface area contributed by atoms with E-state index in [0.29, 0.717) is 6.42 Å². The van der Waals surface area contributed by atoms with E-state index in [2.05, 4.69) is 25.5 Å².